The third kappa shape index (κ3) is 4.86. The molecule has 0 aromatic carbocycles. The normalized spacial score (nSPS) is 45.6. The third-order valence-electron chi connectivity index (χ3n) is 5.41. The highest BCUT2D eigenvalue weighted by Crippen LogP contribution is 2.33. The highest BCUT2D eigenvalue weighted by molar-refractivity contribution is 5.76. The Balaban J connectivity index is 2.19. The monoisotopic (exact) mass is 426 g/mol. The van der Waals surface area contributed by atoms with Gasteiger partial charge in [-0.3, -0.25) is 0 Å². The smallest absolute Gasteiger partial charge is 0.364 e. The molecule has 2 rings (SSSR count). The molecule has 2 fully saturated rings. The standard InChI is InChI=1S/C16H30N2O11/c1-5-9(17)13(24)12(23)8(28-5)4-27-16(15(25)26)2-6(20)10(18)14(29-16)11(22)7(21)3-19/h5-14,19-24H,2-4,17-18H2,1H3,(H,25,26)/t5?,6?,7?,8?,9?,10?,11-,12?,13?,14?,16?/m1/s1. The van der Waals surface area contributed by atoms with Gasteiger partial charge in [0.2, 0.25) is 0 Å². The predicted octanol–water partition coefficient (Wildman–Crippen LogP) is -5.19. The molecule has 13 heteroatoms. The number of ether oxygens (including phenoxy) is 3. The predicted molar refractivity (Wildman–Crippen MR) is 93.2 cm³/mol. The number of carboxylic acids is 1. The van der Waals surface area contributed by atoms with Gasteiger partial charge < -0.3 is 61.4 Å². The topological polar surface area (TPSA) is 238 Å². The molecule has 2 heterocycles. The Morgan fingerprint density at radius 2 is 1.83 bits per heavy atom. The Bertz CT molecular complexity index is 569. The molecule has 0 aromatic heterocycles. The molecule has 0 saturated carbocycles. The summed E-state index contributed by atoms with van der Waals surface area (Å²) in [6, 6.07) is -2.14. The van der Waals surface area contributed by atoms with Crippen LogP contribution in [-0.4, -0.2) is 122 Å². The fourth-order valence-corrected chi connectivity index (χ4v) is 3.42. The molecule has 0 amide bonds. The van der Waals surface area contributed by atoms with Crippen LogP contribution in [-0.2, 0) is 19.0 Å². The van der Waals surface area contributed by atoms with Crippen molar-refractivity contribution < 1.29 is 54.8 Å². The van der Waals surface area contributed by atoms with E-state index in [2.05, 4.69) is 0 Å². The van der Waals surface area contributed by atoms with Crippen LogP contribution >= 0.6 is 0 Å². The number of nitrogens with two attached hydrogens (primary N) is 2. The molecule has 2 aliphatic heterocycles. The summed E-state index contributed by atoms with van der Waals surface area (Å²) in [5.74, 6) is -4.15. The van der Waals surface area contributed by atoms with Gasteiger partial charge >= 0.3 is 5.97 Å². The minimum absolute atomic E-state index is 0.561. The fourth-order valence-electron chi connectivity index (χ4n) is 3.42. The Morgan fingerprint density at radius 1 is 1.21 bits per heavy atom. The average Bonchev–Trinajstić information content (AvgIpc) is 2.69. The van der Waals surface area contributed by atoms with E-state index in [-0.39, 0.29) is 0 Å². The number of aliphatic hydroxyl groups excluding tert-OH is 6. The summed E-state index contributed by atoms with van der Waals surface area (Å²) in [6.45, 7) is 0.139. The first-order chi connectivity index (χ1) is 13.4. The van der Waals surface area contributed by atoms with Gasteiger partial charge in [0.1, 0.15) is 36.6 Å². The molecule has 2 aliphatic rings. The first-order valence-electron chi connectivity index (χ1n) is 9.18. The number of aliphatic carboxylic acids is 1. The van der Waals surface area contributed by atoms with Crippen LogP contribution in [0.2, 0.25) is 0 Å². The van der Waals surface area contributed by atoms with Crippen molar-refractivity contribution in [3.63, 3.8) is 0 Å². The Labute approximate surface area is 166 Å². The Hall–Kier alpha value is -0.970. The van der Waals surface area contributed by atoms with Gasteiger partial charge in [0.25, 0.3) is 5.79 Å². The molecular weight excluding hydrogens is 396 g/mol. The lowest BCUT2D eigenvalue weighted by molar-refractivity contribution is -0.320. The Morgan fingerprint density at radius 3 is 2.38 bits per heavy atom. The highest BCUT2D eigenvalue weighted by atomic mass is 16.7. The van der Waals surface area contributed by atoms with Crippen molar-refractivity contribution in [2.24, 2.45) is 11.5 Å². The Kier molecular flexibility index (Phi) is 7.92. The zero-order valence-electron chi connectivity index (χ0n) is 15.8. The second-order valence-electron chi connectivity index (χ2n) is 7.48. The summed E-state index contributed by atoms with van der Waals surface area (Å²) >= 11 is 0. The van der Waals surface area contributed by atoms with E-state index in [0.29, 0.717) is 0 Å². The van der Waals surface area contributed by atoms with Crippen molar-refractivity contribution in [1.82, 2.24) is 0 Å². The molecule has 0 aliphatic carbocycles. The molecule has 2 saturated heterocycles. The summed E-state index contributed by atoms with van der Waals surface area (Å²) in [7, 11) is 0. The molecule has 10 unspecified atom stereocenters. The van der Waals surface area contributed by atoms with Crippen molar-refractivity contribution in [2.45, 2.75) is 80.0 Å². The molecule has 29 heavy (non-hydrogen) atoms. The molecule has 11 N–H and O–H groups in total. The first-order valence-corrected chi connectivity index (χ1v) is 9.18. The molecule has 11 atom stereocenters. The summed E-state index contributed by atoms with van der Waals surface area (Å²) in [4.78, 5) is 11.9. The maximum atomic E-state index is 11.9. The number of carbonyl (C=O) groups is 1. The number of aliphatic hydroxyl groups is 6. The third-order valence-corrected chi connectivity index (χ3v) is 5.41. The van der Waals surface area contributed by atoms with Gasteiger partial charge in [-0.05, 0) is 6.92 Å². The van der Waals surface area contributed by atoms with E-state index in [0.717, 1.165) is 0 Å². The van der Waals surface area contributed by atoms with Crippen molar-refractivity contribution in [2.75, 3.05) is 13.2 Å². The van der Waals surface area contributed by atoms with Crippen LogP contribution in [0.1, 0.15) is 13.3 Å². The molecule has 13 nitrogen and oxygen atoms in total. The molecule has 0 spiro atoms. The van der Waals surface area contributed by atoms with Gasteiger partial charge in [-0.15, -0.1) is 0 Å². The summed E-state index contributed by atoms with van der Waals surface area (Å²) in [5.41, 5.74) is 11.5. The summed E-state index contributed by atoms with van der Waals surface area (Å²) in [5, 5.41) is 68.7. The zero-order chi connectivity index (χ0) is 22.1. The number of carboxylic acid groups (broad SMARTS) is 1. The largest absolute Gasteiger partial charge is 0.477 e. The minimum Gasteiger partial charge on any atom is -0.477 e. The summed E-state index contributed by atoms with van der Waals surface area (Å²) in [6.07, 6.45) is -11.9. The van der Waals surface area contributed by atoms with Gasteiger partial charge in [-0.1, -0.05) is 0 Å². The second kappa shape index (κ2) is 9.45. The van der Waals surface area contributed by atoms with Gasteiger partial charge in [0, 0.05) is 6.42 Å². The number of hydrogen-bond acceptors (Lipinski definition) is 12. The first kappa shape index (κ1) is 24.3. The molecule has 0 aromatic rings. The van der Waals surface area contributed by atoms with Crippen LogP contribution in [0, 0.1) is 0 Å². The summed E-state index contributed by atoms with van der Waals surface area (Å²) < 4.78 is 16.2. The van der Waals surface area contributed by atoms with E-state index in [9.17, 15) is 35.4 Å². The van der Waals surface area contributed by atoms with Crippen molar-refractivity contribution in [1.29, 1.82) is 0 Å². The lowest BCUT2D eigenvalue weighted by Crippen LogP contribution is -2.67. The SMILES string of the molecule is CC1OC(COC2(C(=O)O)CC(O)C(N)C([C@H](O)C(O)CO)O2)C(O)C(O)C1N. The van der Waals surface area contributed by atoms with Crippen molar-refractivity contribution in [3.05, 3.63) is 0 Å². The van der Waals surface area contributed by atoms with Crippen molar-refractivity contribution >= 4 is 5.97 Å². The van der Waals surface area contributed by atoms with Crippen LogP contribution in [0.15, 0.2) is 0 Å². The highest BCUT2D eigenvalue weighted by Gasteiger charge is 2.55. The maximum absolute atomic E-state index is 11.9. The second-order valence-corrected chi connectivity index (χ2v) is 7.48. The van der Waals surface area contributed by atoms with Gasteiger partial charge in [0.05, 0.1) is 37.5 Å². The fraction of sp³-hybridized carbons (Fsp3) is 0.938. The average molecular weight is 426 g/mol. The number of rotatable bonds is 7. The van der Waals surface area contributed by atoms with E-state index in [1.165, 1.54) is 0 Å². The minimum atomic E-state index is -2.49. The molecule has 0 bridgehead atoms. The lowest BCUT2D eigenvalue weighted by Gasteiger charge is -2.46. The van der Waals surface area contributed by atoms with E-state index in [1.54, 1.807) is 6.92 Å². The van der Waals surface area contributed by atoms with E-state index < -0.39 is 92.3 Å². The van der Waals surface area contributed by atoms with E-state index >= 15 is 0 Å². The lowest BCUT2D eigenvalue weighted by atomic mass is 9.89. The van der Waals surface area contributed by atoms with Crippen LogP contribution < -0.4 is 11.5 Å². The number of hydrogen-bond donors (Lipinski definition) is 9. The van der Waals surface area contributed by atoms with Gasteiger partial charge in [0.15, 0.2) is 0 Å². The quantitative estimate of drug-likeness (QED) is 0.185. The molecular formula is C16H30N2O11. The van der Waals surface area contributed by atoms with Crippen LogP contribution in [0.4, 0.5) is 0 Å². The van der Waals surface area contributed by atoms with Gasteiger partial charge in [-0.2, -0.15) is 0 Å². The van der Waals surface area contributed by atoms with Crippen LogP contribution in [0.3, 0.4) is 0 Å². The van der Waals surface area contributed by atoms with Gasteiger partial charge in [-0.25, -0.2) is 4.79 Å². The van der Waals surface area contributed by atoms with E-state index in [4.69, 9.17) is 30.8 Å². The van der Waals surface area contributed by atoms with E-state index in [1.807, 2.05) is 0 Å². The van der Waals surface area contributed by atoms with Crippen molar-refractivity contribution in [3.8, 4) is 0 Å². The zero-order valence-corrected chi connectivity index (χ0v) is 15.8. The van der Waals surface area contributed by atoms with Crippen LogP contribution in [0.5, 0.6) is 0 Å². The molecule has 0 radical (unpaired) electrons. The van der Waals surface area contributed by atoms with Crippen LogP contribution in [0.25, 0.3) is 0 Å². The maximum Gasteiger partial charge on any atom is 0.364 e. The molecule has 170 valence electrons.